The third kappa shape index (κ3) is 2.77. The zero-order valence-electron chi connectivity index (χ0n) is 11.7. The van der Waals surface area contributed by atoms with Gasteiger partial charge in [0.1, 0.15) is 0 Å². The van der Waals surface area contributed by atoms with Gasteiger partial charge in [-0.15, -0.1) is 0 Å². The molecule has 0 radical (unpaired) electrons. The van der Waals surface area contributed by atoms with Gasteiger partial charge in [0.2, 0.25) is 5.95 Å². The number of rotatable bonds is 6. The van der Waals surface area contributed by atoms with Crippen molar-refractivity contribution in [3.63, 3.8) is 0 Å². The first-order valence-electron chi connectivity index (χ1n) is 7.43. The van der Waals surface area contributed by atoms with Gasteiger partial charge in [0, 0.05) is 58.3 Å². The minimum absolute atomic E-state index is 0.805. The fraction of sp³-hybridized carbons (Fsp3) is 0.786. The predicted molar refractivity (Wildman–Crippen MR) is 75.4 cm³/mol. The second-order valence-electron chi connectivity index (χ2n) is 5.55. The van der Waals surface area contributed by atoms with Crippen molar-refractivity contribution in [2.24, 2.45) is 11.8 Å². The van der Waals surface area contributed by atoms with Crippen LogP contribution in [0.1, 0.15) is 13.3 Å². The summed E-state index contributed by atoms with van der Waals surface area (Å²) < 4.78 is 7.67. The highest BCUT2D eigenvalue weighted by molar-refractivity contribution is 5.34. The molecule has 0 saturated carbocycles. The van der Waals surface area contributed by atoms with Gasteiger partial charge >= 0.3 is 0 Å². The molecule has 0 bridgehead atoms. The van der Waals surface area contributed by atoms with E-state index in [1.807, 2.05) is 13.1 Å². The van der Waals surface area contributed by atoms with Crippen molar-refractivity contribution in [2.45, 2.75) is 19.9 Å². The second-order valence-corrected chi connectivity index (χ2v) is 5.55. The highest BCUT2D eigenvalue weighted by Crippen LogP contribution is 2.29. The van der Waals surface area contributed by atoms with E-state index in [1.165, 1.54) is 13.1 Å². The average Bonchev–Trinajstić information content (AvgIpc) is 3.08. The molecule has 3 heterocycles. The van der Waals surface area contributed by atoms with Crippen LogP contribution < -0.4 is 10.2 Å². The molecule has 1 N–H and O–H groups in total. The molecule has 2 unspecified atom stereocenters. The molecule has 5 nitrogen and oxygen atoms in total. The van der Waals surface area contributed by atoms with E-state index >= 15 is 0 Å². The lowest BCUT2D eigenvalue weighted by atomic mass is 10.0. The number of nitrogens with one attached hydrogen (secondary N) is 1. The molecule has 2 aliphatic heterocycles. The molecule has 5 heteroatoms. The molecule has 1 aromatic rings. The summed E-state index contributed by atoms with van der Waals surface area (Å²) in [6, 6.07) is 0. The number of anilines is 1. The van der Waals surface area contributed by atoms with Crippen molar-refractivity contribution < 1.29 is 4.74 Å². The summed E-state index contributed by atoms with van der Waals surface area (Å²) in [4.78, 5) is 7.01. The molecule has 106 valence electrons. The van der Waals surface area contributed by atoms with Crippen LogP contribution >= 0.6 is 0 Å². The highest BCUT2D eigenvalue weighted by Gasteiger charge is 2.37. The van der Waals surface area contributed by atoms with E-state index in [-0.39, 0.29) is 0 Å². The van der Waals surface area contributed by atoms with Gasteiger partial charge in [0.15, 0.2) is 0 Å². The smallest absolute Gasteiger partial charge is 0.205 e. The minimum Gasteiger partial charge on any atom is -0.382 e. The maximum absolute atomic E-state index is 5.40. The fourth-order valence-corrected chi connectivity index (χ4v) is 3.26. The Morgan fingerprint density at radius 2 is 2.16 bits per heavy atom. The van der Waals surface area contributed by atoms with Gasteiger partial charge < -0.3 is 19.5 Å². The van der Waals surface area contributed by atoms with E-state index in [0.717, 1.165) is 57.1 Å². The van der Waals surface area contributed by atoms with Crippen LogP contribution in [0.15, 0.2) is 12.4 Å². The van der Waals surface area contributed by atoms with Gasteiger partial charge in [0.05, 0.1) is 0 Å². The van der Waals surface area contributed by atoms with Crippen molar-refractivity contribution in [2.75, 3.05) is 44.3 Å². The number of aromatic nitrogens is 2. The van der Waals surface area contributed by atoms with E-state index in [1.54, 1.807) is 0 Å². The molecular weight excluding hydrogens is 240 g/mol. The van der Waals surface area contributed by atoms with Gasteiger partial charge in [-0.3, -0.25) is 0 Å². The summed E-state index contributed by atoms with van der Waals surface area (Å²) in [6.45, 7) is 9.33. The quantitative estimate of drug-likeness (QED) is 0.777. The number of imidazole rings is 1. The molecule has 0 aromatic carbocycles. The SMILES string of the molecule is CCOCCCn1ccnc1N1CC2CNCC2C1. The lowest BCUT2D eigenvalue weighted by molar-refractivity contribution is 0.141. The summed E-state index contributed by atoms with van der Waals surface area (Å²) >= 11 is 0. The van der Waals surface area contributed by atoms with Gasteiger partial charge in [-0.2, -0.15) is 0 Å². The Bertz CT molecular complexity index is 394. The van der Waals surface area contributed by atoms with E-state index in [2.05, 4.69) is 26.0 Å². The van der Waals surface area contributed by atoms with Crippen molar-refractivity contribution >= 4 is 5.95 Å². The molecule has 0 spiro atoms. The van der Waals surface area contributed by atoms with Gasteiger partial charge in [-0.25, -0.2) is 4.98 Å². The van der Waals surface area contributed by atoms with Crippen molar-refractivity contribution in [1.29, 1.82) is 0 Å². The monoisotopic (exact) mass is 264 g/mol. The van der Waals surface area contributed by atoms with E-state index in [0.29, 0.717) is 0 Å². The Morgan fingerprint density at radius 3 is 2.89 bits per heavy atom. The van der Waals surface area contributed by atoms with Gasteiger partial charge in [0.25, 0.3) is 0 Å². The minimum atomic E-state index is 0.805. The van der Waals surface area contributed by atoms with E-state index < -0.39 is 0 Å². The zero-order valence-corrected chi connectivity index (χ0v) is 11.7. The molecule has 19 heavy (non-hydrogen) atoms. The Morgan fingerprint density at radius 1 is 1.37 bits per heavy atom. The lowest BCUT2D eigenvalue weighted by Gasteiger charge is -2.20. The Labute approximate surface area is 114 Å². The summed E-state index contributed by atoms with van der Waals surface area (Å²) in [5, 5.41) is 3.48. The Balaban J connectivity index is 1.57. The van der Waals surface area contributed by atoms with Gasteiger partial charge in [-0.05, 0) is 25.2 Å². The van der Waals surface area contributed by atoms with Crippen LogP contribution in [0.4, 0.5) is 5.95 Å². The topological polar surface area (TPSA) is 42.3 Å². The maximum Gasteiger partial charge on any atom is 0.205 e. The average molecular weight is 264 g/mol. The second kappa shape index (κ2) is 5.92. The number of hydrogen-bond donors (Lipinski definition) is 1. The number of ether oxygens (including phenoxy) is 1. The first-order chi connectivity index (χ1) is 9.38. The van der Waals surface area contributed by atoms with Gasteiger partial charge in [-0.1, -0.05) is 0 Å². The summed E-state index contributed by atoms with van der Waals surface area (Å²) in [5.41, 5.74) is 0. The third-order valence-electron chi connectivity index (χ3n) is 4.26. The Hall–Kier alpha value is -1.07. The number of fused-ring (bicyclic) bond motifs is 1. The summed E-state index contributed by atoms with van der Waals surface area (Å²) in [6.07, 6.45) is 5.06. The molecule has 2 atom stereocenters. The highest BCUT2D eigenvalue weighted by atomic mass is 16.5. The third-order valence-corrected chi connectivity index (χ3v) is 4.26. The lowest BCUT2D eigenvalue weighted by Crippen LogP contribution is -2.28. The van der Waals surface area contributed by atoms with E-state index in [4.69, 9.17) is 4.74 Å². The molecule has 0 aliphatic carbocycles. The Kier molecular flexibility index (Phi) is 4.03. The first kappa shape index (κ1) is 12.9. The first-order valence-corrected chi connectivity index (χ1v) is 7.43. The normalized spacial score (nSPS) is 26.1. The van der Waals surface area contributed by atoms with Crippen LogP contribution in [-0.4, -0.2) is 48.9 Å². The van der Waals surface area contributed by atoms with Crippen LogP contribution in [0.3, 0.4) is 0 Å². The van der Waals surface area contributed by atoms with Crippen molar-refractivity contribution in [3.05, 3.63) is 12.4 Å². The molecule has 2 fully saturated rings. The van der Waals surface area contributed by atoms with Crippen LogP contribution in [0, 0.1) is 11.8 Å². The summed E-state index contributed by atoms with van der Waals surface area (Å²) in [7, 11) is 0. The van der Waals surface area contributed by atoms with Crippen LogP contribution in [0.5, 0.6) is 0 Å². The predicted octanol–water partition coefficient (Wildman–Crippen LogP) is 0.965. The number of aryl methyl sites for hydroxylation is 1. The van der Waals surface area contributed by atoms with Crippen molar-refractivity contribution in [1.82, 2.24) is 14.9 Å². The summed E-state index contributed by atoms with van der Waals surface area (Å²) in [5.74, 6) is 2.77. The van der Waals surface area contributed by atoms with Crippen LogP contribution in [0.25, 0.3) is 0 Å². The van der Waals surface area contributed by atoms with Crippen LogP contribution in [-0.2, 0) is 11.3 Å². The fourth-order valence-electron chi connectivity index (χ4n) is 3.26. The zero-order chi connectivity index (χ0) is 13.1. The maximum atomic E-state index is 5.40. The van der Waals surface area contributed by atoms with Crippen molar-refractivity contribution in [3.8, 4) is 0 Å². The molecule has 3 rings (SSSR count). The standard InChI is InChI=1S/C14H24N4O/c1-2-19-7-3-5-17-6-4-16-14(17)18-10-12-8-15-9-13(12)11-18/h4,6,12-13,15H,2-3,5,7-11H2,1H3. The largest absolute Gasteiger partial charge is 0.382 e. The van der Waals surface area contributed by atoms with Crippen LogP contribution in [0.2, 0.25) is 0 Å². The molecular formula is C14H24N4O. The number of nitrogens with zero attached hydrogens (tertiary/aromatic N) is 3. The molecule has 2 aliphatic rings. The molecule has 1 aromatic heterocycles. The molecule has 0 amide bonds. The number of hydrogen-bond acceptors (Lipinski definition) is 4. The molecule has 2 saturated heterocycles. The van der Waals surface area contributed by atoms with E-state index in [9.17, 15) is 0 Å².